The van der Waals surface area contributed by atoms with Crippen molar-refractivity contribution in [3.8, 4) is 0 Å². The Balaban J connectivity index is 4.34. The van der Waals surface area contributed by atoms with Gasteiger partial charge in [0.1, 0.15) is 13.2 Å². The first-order valence-electron chi connectivity index (χ1n) is 21.7. The second-order valence-corrected chi connectivity index (χ2v) is 17.5. The average Bonchev–Trinajstić information content (AvgIpc) is 3.09. The molecule has 0 radical (unpaired) electrons. The summed E-state index contributed by atoms with van der Waals surface area (Å²) in [5.41, 5.74) is 0. The summed E-state index contributed by atoms with van der Waals surface area (Å²) in [5, 5.41) is 13.9. The van der Waals surface area contributed by atoms with Crippen LogP contribution in [0, 0.1) is 0 Å². The maximum atomic E-state index is 12.9. The number of aliphatic hydroxyl groups is 1. The van der Waals surface area contributed by atoms with E-state index in [2.05, 4.69) is 43.5 Å². The molecule has 308 valence electrons. The number of nitrogens with one attached hydrogen (secondary N) is 1. The number of rotatable bonds is 39. The van der Waals surface area contributed by atoms with Gasteiger partial charge in [0, 0.05) is 6.42 Å². The topological polar surface area (TPSA) is 105 Å². The van der Waals surface area contributed by atoms with Gasteiger partial charge in [-0.2, -0.15) is 0 Å². The van der Waals surface area contributed by atoms with Crippen LogP contribution in [0.4, 0.5) is 0 Å². The molecule has 1 amide bonds. The van der Waals surface area contributed by atoms with Crippen molar-refractivity contribution < 1.29 is 32.9 Å². The Kier molecular flexibility index (Phi) is 35.0. The molecule has 0 bridgehead atoms. The third-order valence-electron chi connectivity index (χ3n) is 9.67. The highest BCUT2D eigenvalue weighted by atomic mass is 31.2. The minimum Gasteiger partial charge on any atom is -0.391 e. The number of amides is 1. The Hall–Kier alpha value is -1.02. The van der Waals surface area contributed by atoms with Crippen molar-refractivity contribution in [3.63, 3.8) is 0 Å². The zero-order valence-corrected chi connectivity index (χ0v) is 35.7. The molecule has 0 aromatic heterocycles. The molecule has 52 heavy (non-hydrogen) atoms. The summed E-state index contributed by atoms with van der Waals surface area (Å²) < 4.78 is 23.5. The number of likely N-dealkylation sites (N-methyl/N-ethyl adjacent to an activating group) is 1. The van der Waals surface area contributed by atoms with Crippen LogP contribution in [-0.2, 0) is 18.4 Å². The molecular formula is C43H86N2O6P+. The van der Waals surface area contributed by atoms with Gasteiger partial charge < -0.3 is 19.8 Å². The summed E-state index contributed by atoms with van der Waals surface area (Å²) in [6.07, 6.45) is 40.6. The predicted octanol–water partition coefficient (Wildman–Crippen LogP) is 11.7. The smallest absolute Gasteiger partial charge is 0.391 e. The zero-order valence-electron chi connectivity index (χ0n) is 34.8. The number of allylic oxidation sites excluding steroid dienone is 4. The number of carbonyl (C=O) groups is 1. The SMILES string of the molecule is CCCCCCC/C=C/CCCC[C@@H](O)[C@H](COP(=O)(O)OCC[N+](C)(C)C)NC(=O)CCCCCCCCCCC/C=C/CCCCCCCC. The molecular weight excluding hydrogens is 671 g/mol. The Labute approximate surface area is 322 Å². The Morgan fingerprint density at radius 1 is 0.635 bits per heavy atom. The molecule has 0 rings (SSSR count). The highest BCUT2D eigenvalue weighted by molar-refractivity contribution is 7.47. The molecule has 0 aliphatic carbocycles. The molecule has 0 saturated carbocycles. The Morgan fingerprint density at radius 2 is 1.04 bits per heavy atom. The van der Waals surface area contributed by atoms with Gasteiger partial charge >= 0.3 is 7.82 Å². The van der Waals surface area contributed by atoms with Crippen molar-refractivity contribution in [1.29, 1.82) is 0 Å². The summed E-state index contributed by atoms with van der Waals surface area (Å²) in [6.45, 7) is 4.83. The second-order valence-electron chi connectivity index (χ2n) is 16.1. The van der Waals surface area contributed by atoms with Gasteiger partial charge in [-0.25, -0.2) is 4.57 Å². The van der Waals surface area contributed by atoms with Crippen molar-refractivity contribution in [2.24, 2.45) is 0 Å². The van der Waals surface area contributed by atoms with Crippen molar-refractivity contribution in [2.45, 2.75) is 206 Å². The molecule has 0 spiro atoms. The van der Waals surface area contributed by atoms with Crippen LogP contribution in [0.15, 0.2) is 24.3 Å². The van der Waals surface area contributed by atoms with Gasteiger partial charge in [-0.15, -0.1) is 0 Å². The maximum Gasteiger partial charge on any atom is 0.472 e. The van der Waals surface area contributed by atoms with Gasteiger partial charge in [0.15, 0.2) is 0 Å². The Morgan fingerprint density at radius 3 is 1.48 bits per heavy atom. The van der Waals surface area contributed by atoms with Crippen LogP contribution in [0.25, 0.3) is 0 Å². The first-order chi connectivity index (χ1) is 25.0. The van der Waals surface area contributed by atoms with Gasteiger partial charge in [-0.3, -0.25) is 13.8 Å². The fraction of sp³-hybridized carbons (Fsp3) is 0.884. The first-order valence-corrected chi connectivity index (χ1v) is 23.2. The normalized spacial score (nSPS) is 14.7. The van der Waals surface area contributed by atoms with E-state index in [-0.39, 0.29) is 19.1 Å². The van der Waals surface area contributed by atoms with Crippen molar-refractivity contribution in [2.75, 3.05) is 40.9 Å². The molecule has 3 N–H and O–H groups in total. The van der Waals surface area contributed by atoms with E-state index in [0.29, 0.717) is 23.9 Å². The largest absolute Gasteiger partial charge is 0.472 e. The molecule has 0 heterocycles. The summed E-state index contributed by atoms with van der Waals surface area (Å²) in [6, 6.07) is -0.774. The lowest BCUT2D eigenvalue weighted by molar-refractivity contribution is -0.870. The lowest BCUT2D eigenvalue weighted by Gasteiger charge is -2.26. The zero-order chi connectivity index (χ0) is 38.6. The van der Waals surface area contributed by atoms with E-state index in [9.17, 15) is 19.4 Å². The van der Waals surface area contributed by atoms with Gasteiger partial charge in [-0.1, -0.05) is 147 Å². The van der Waals surface area contributed by atoms with Crippen molar-refractivity contribution in [3.05, 3.63) is 24.3 Å². The molecule has 8 nitrogen and oxygen atoms in total. The quantitative estimate of drug-likeness (QED) is 0.0250. The summed E-state index contributed by atoms with van der Waals surface area (Å²) in [4.78, 5) is 23.1. The summed E-state index contributed by atoms with van der Waals surface area (Å²) in [7, 11) is 1.60. The standard InChI is InChI=1S/C43H85N2O6P/c1-6-8-10-12-14-16-18-19-20-21-22-23-24-25-27-29-31-33-35-37-43(47)44-41(40-51-52(48,49)50-39-38-45(3,4)5)42(46)36-34-32-30-28-26-17-15-13-11-9-7-2/h19-20,26,28,41-42,46H,6-18,21-25,27,29-40H2,1-5H3,(H-,44,47,48,49)/p+1/b20-19+,28-26+/t41-,42+/m0/s1. The molecule has 9 heteroatoms. The van der Waals surface area contributed by atoms with Crippen molar-refractivity contribution >= 4 is 13.7 Å². The summed E-state index contributed by atoms with van der Waals surface area (Å²) in [5.74, 6) is -0.158. The van der Waals surface area contributed by atoms with E-state index in [1.807, 2.05) is 21.1 Å². The number of carbonyl (C=O) groups excluding carboxylic acids is 1. The molecule has 0 aliphatic rings. The van der Waals surface area contributed by atoms with E-state index in [1.165, 1.54) is 122 Å². The van der Waals surface area contributed by atoms with Crippen LogP contribution in [0.1, 0.15) is 194 Å². The molecule has 0 aromatic carbocycles. The predicted molar refractivity (Wildman–Crippen MR) is 221 cm³/mol. The fourth-order valence-corrected chi connectivity index (χ4v) is 6.89. The lowest BCUT2D eigenvalue weighted by atomic mass is 10.0. The van der Waals surface area contributed by atoms with Gasteiger partial charge in [-0.05, 0) is 64.2 Å². The van der Waals surface area contributed by atoms with E-state index in [0.717, 1.165) is 44.9 Å². The summed E-state index contributed by atoms with van der Waals surface area (Å²) >= 11 is 0. The second kappa shape index (κ2) is 35.7. The fourth-order valence-electron chi connectivity index (χ4n) is 6.15. The van der Waals surface area contributed by atoms with Gasteiger partial charge in [0.2, 0.25) is 5.91 Å². The van der Waals surface area contributed by atoms with E-state index in [1.54, 1.807) is 0 Å². The van der Waals surface area contributed by atoms with E-state index < -0.39 is 20.0 Å². The number of phosphoric ester groups is 1. The van der Waals surface area contributed by atoms with Crippen LogP contribution < -0.4 is 5.32 Å². The third-order valence-corrected chi connectivity index (χ3v) is 10.7. The van der Waals surface area contributed by atoms with Crippen molar-refractivity contribution in [1.82, 2.24) is 5.32 Å². The van der Waals surface area contributed by atoms with Crippen LogP contribution in [-0.4, -0.2) is 73.4 Å². The number of aliphatic hydroxyl groups excluding tert-OH is 1. The van der Waals surface area contributed by atoms with Gasteiger partial charge in [0.05, 0.1) is 39.9 Å². The number of phosphoric acid groups is 1. The number of hydrogen-bond donors (Lipinski definition) is 3. The molecule has 1 unspecified atom stereocenters. The average molecular weight is 758 g/mol. The number of quaternary nitrogens is 1. The van der Waals surface area contributed by atoms with E-state index in [4.69, 9.17) is 9.05 Å². The molecule has 0 saturated heterocycles. The minimum atomic E-state index is -4.31. The maximum absolute atomic E-state index is 12.9. The number of unbranched alkanes of at least 4 members (excludes halogenated alkanes) is 22. The highest BCUT2D eigenvalue weighted by Gasteiger charge is 2.28. The number of hydrogen-bond acceptors (Lipinski definition) is 5. The first kappa shape index (κ1) is 51.0. The Bertz CT molecular complexity index is 907. The van der Waals surface area contributed by atoms with Crippen LogP contribution >= 0.6 is 7.82 Å². The monoisotopic (exact) mass is 758 g/mol. The molecule has 0 aliphatic heterocycles. The van der Waals surface area contributed by atoms with Gasteiger partial charge in [0.25, 0.3) is 0 Å². The van der Waals surface area contributed by atoms with Crippen LogP contribution in [0.3, 0.4) is 0 Å². The third kappa shape index (κ3) is 37.3. The number of nitrogens with zero attached hydrogens (tertiary/aromatic N) is 1. The molecule has 3 atom stereocenters. The van der Waals surface area contributed by atoms with E-state index >= 15 is 0 Å². The molecule has 0 fully saturated rings. The van der Waals surface area contributed by atoms with Crippen LogP contribution in [0.5, 0.6) is 0 Å². The molecule has 0 aromatic rings. The minimum absolute atomic E-state index is 0.0696. The highest BCUT2D eigenvalue weighted by Crippen LogP contribution is 2.43. The van der Waals surface area contributed by atoms with Crippen LogP contribution in [0.2, 0.25) is 0 Å². The lowest BCUT2D eigenvalue weighted by Crippen LogP contribution is -2.46.